The first-order valence-corrected chi connectivity index (χ1v) is 24.5. The van der Waals surface area contributed by atoms with E-state index in [0.29, 0.717) is 5.56 Å². The molecule has 18 heteroatoms. The maximum Gasteiger partial charge on any atom is 0.155 e. The first kappa shape index (κ1) is 74.1. The summed E-state index contributed by atoms with van der Waals surface area (Å²) in [7, 11) is 0. The average Bonchev–Trinajstić information content (AvgIpc) is 4.27. The summed E-state index contributed by atoms with van der Waals surface area (Å²) in [6, 6.07) is 56.7. The van der Waals surface area contributed by atoms with Crippen LogP contribution in [-0.4, -0.2) is 59.8 Å². The van der Waals surface area contributed by atoms with E-state index in [2.05, 4.69) is 110 Å². The number of carbonyl (C=O) groups excluding carboxylic acids is 1. The van der Waals surface area contributed by atoms with Crippen molar-refractivity contribution in [2.45, 2.75) is 89.0 Å². The van der Waals surface area contributed by atoms with Gasteiger partial charge in [-0.25, -0.2) is 0 Å². The van der Waals surface area contributed by atoms with Gasteiger partial charge in [-0.3, -0.25) is 28.2 Å². The van der Waals surface area contributed by atoms with Crippen LogP contribution in [0.15, 0.2) is 164 Å². The van der Waals surface area contributed by atoms with Gasteiger partial charge < -0.3 is 5.11 Å². The number of ketones is 1. The molecule has 0 saturated carbocycles. The topological polar surface area (TPSA) is 150 Å². The van der Waals surface area contributed by atoms with Gasteiger partial charge in [-0.05, 0) is 126 Å². The minimum atomic E-state index is -0.125. The molecule has 5 aromatic heterocycles. The molecule has 0 fully saturated rings. The molecule has 0 spiro atoms. The quantitative estimate of drug-likeness (QED) is 0.0897. The number of aromatic nitrogens is 10. The van der Waals surface area contributed by atoms with Crippen molar-refractivity contribution in [3.63, 3.8) is 0 Å². The van der Waals surface area contributed by atoms with Gasteiger partial charge in [0.25, 0.3) is 0 Å². The number of nitriles is 1. The Balaban J connectivity index is 0.000000934. The van der Waals surface area contributed by atoms with Crippen LogP contribution < -0.4 is 0 Å². The first-order valence-electron chi connectivity index (χ1n) is 24.5. The number of aryl methyl sites for hydroxylation is 5. The summed E-state index contributed by atoms with van der Waals surface area (Å²) in [6.07, 6.45) is 12.5. The molecule has 0 amide bonds. The van der Waals surface area contributed by atoms with Crippen LogP contribution >= 0.6 is 0 Å². The normalized spacial score (nSPS) is 9.70. The van der Waals surface area contributed by atoms with E-state index in [1.165, 1.54) is 59.3 Å². The molecular weight excluding hydrogens is 1890 g/mol. The Morgan fingerprint density at radius 1 is 0.537 bits per heavy atom. The van der Waals surface area contributed by atoms with Crippen molar-refractivity contribution in [1.82, 2.24) is 48.9 Å². The fraction of sp³-hybridized carbons (Fsp3) is 0.210. The van der Waals surface area contributed by atoms with Gasteiger partial charge in [0.1, 0.15) is 6.07 Å². The number of para-hydroxylation sites is 5. The smallest absolute Gasteiger partial charge is 0.155 e. The van der Waals surface area contributed by atoms with E-state index in [1.54, 1.807) is 10.9 Å². The maximum absolute atomic E-state index is 10.0. The van der Waals surface area contributed by atoms with Gasteiger partial charge in [-0.1, -0.05) is 13.8 Å². The summed E-state index contributed by atoms with van der Waals surface area (Å²) in [5, 5.41) is 38.6. The van der Waals surface area contributed by atoms with Gasteiger partial charge in [-0.15, -0.1) is 30.3 Å². The summed E-state index contributed by atoms with van der Waals surface area (Å²) in [6.45, 7) is 21.4. The van der Waals surface area contributed by atoms with Gasteiger partial charge in [0.15, 0.2) is 5.78 Å². The average molecular weight is 1960 g/mol. The minimum absolute atomic E-state index is 0. The van der Waals surface area contributed by atoms with Crippen LogP contribution in [0.3, 0.4) is 0 Å². The van der Waals surface area contributed by atoms with Crippen LogP contribution in [0.25, 0.3) is 28.4 Å². The molecule has 0 aliphatic heterocycles. The molecule has 80 heavy (non-hydrogen) atoms. The number of aliphatic hydroxyl groups excluding tert-OH is 1. The van der Waals surface area contributed by atoms with E-state index in [9.17, 15) is 4.79 Å². The summed E-state index contributed by atoms with van der Waals surface area (Å²) in [5.74, 6) is -0.0625. The fourth-order valence-electron chi connectivity index (χ4n) is 7.17. The standard InChI is InChI=1S/2C12H13N2.C11H8N3.2C11H11N2.C5H8O2.4Ir.Pt/c1-3-11-9-13-14(10(11)2)12-7-5-4-6-8-12;1-3-12-10(2)9-13-14(12)11-7-5-4-6-8-11;1-9-10(7-12)8-13-14(9)11-5-3-2-4-6-11;1-9-8-13(12-10(9)2)11-6-4-3-5-7-11;1-9-8-12-13(10(9)2)11-6-4-3-5-7-11;1-4(6)3-5(2)7;;;;;/h2*4-7,9H,3H2,1-2H3;2-5,8H,1H3;2*3-6,8H,1-2H3;3,6H,1-2H3;;;;;/q5*-1;;;;;;. The van der Waals surface area contributed by atoms with Crippen molar-refractivity contribution in [2.24, 2.45) is 0 Å². The summed E-state index contributed by atoms with van der Waals surface area (Å²) in [5.41, 5.74) is 15.9. The molecular formula is C62H64Ir4N11O2Pt-5. The molecule has 5 aromatic carbocycles. The number of rotatable bonds is 8. The monoisotopic (exact) mass is 1960 g/mol. The zero-order chi connectivity index (χ0) is 54.3. The van der Waals surface area contributed by atoms with Crippen molar-refractivity contribution >= 4 is 5.78 Å². The van der Waals surface area contributed by atoms with Crippen LogP contribution in [0, 0.1) is 90.1 Å². The van der Waals surface area contributed by atoms with Crippen LogP contribution in [0.1, 0.15) is 84.0 Å². The molecule has 4 radical (unpaired) electrons. The second kappa shape index (κ2) is 38.7. The molecule has 430 valence electrons. The number of carbonyl (C=O) groups is 1. The maximum atomic E-state index is 10.0. The Morgan fingerprint density at radius 2 is 0.938 bits per heavy atom. The van der Waals surface area contributed by atoms with Crippen LogP contribution in [0.4, 0.5) is 0 Å². The van der Waals surface area contributed by atoms with Crippen molar-refractivity contribution in [3.8, 4) is 34.5 Å². The molecule has 0 unspecified atom stereocenters. The Bertz CT molecular complexity index is 3320. The second-order valence-corrected chi connectivity index (χ2v) is 17.0. The van der Waals surface area contributed by atoms with Crippen molar-refractivity contribution in [2.75, 3.05) is 0 Å². The first-order chi connectivity index (χ1) is 36.2. The predicted molar refractivity (Wildman–Crippen MR) is 296 cm³/mol. The Morgan fingerprint density at radius 3 is 1.26 bits per heavy atom. The van der Waals surface area contributed by atoms with Crippen molar-refractivity contribution in [3.05, 3.63) is 251 Å². The Hall–Kier alpha value is -5.86. The molecule has 0 bridgehead atoms. The molecule has 0 atom stereocenters. The van der Waals surface area contributed by atoms with Gasteiger partial charge in [0.2, 0.25) is 0 Å². The molecule has 0 aliphatic carbocycles. The van der Waals surface area contributed by atoms with E-state index in [1.807, 2.05) is 179 Å². The minimum Gasteiger partial charge on any atom is -0.512 e. The summed E-state index contributed by atoms with van der Waals surface area (Å²) >= 11 is 0. The largest absolute Gasteiger partial charge is 0.512 e. The van der Waals surface area contributed by atoms with Crippen LogP contribution in [-0.2, 0) is 119 Å². The van der Waals surface area contributed by atoms with Crippen LogP contribution in [0.5, 0.6) is 0 Å². The Labute approximate surface area is 540 Å². The third kappa shape index (κ3) is 22.2. The van der Waals surface area contributed by atoms with E-state index >= 15 is 0 Å². The van der Waals surface area contributed by atoms with E-state index in [4.69, 9.17) is 10.4 Å². The molecule has 5 heterocycles. The van der Waals surface area contributed by atoms with E-state index in [-0.39, 0.29) is 113 Å². The second-order valence-electron chi connectivity index (χ2n) is 17.0. The van der Waals surface area contributed by atoms with Crippen LogP contribution in [0.2, 0.25) is 0 Å². The summed E-state index contributed by atoms with van der Waals surface area (Å²) < 4.78 is 9.34. The van der Waals surface area contributed by atoms with Gasteiger partial charge >= 0.3 is 0 Å². The number of benzene rings is 5. The number of hydrogen-bond acceptors (Lipinski definition) is 8. The van der Waals surface area contributed by atoms with Crippen molar-refractivity contribution in [1.29, 1.82) is 5.26 Å². The van der Waals surface area contributed by atoms with Gasteiger partial charge in [0.05, 0.1) is 47.5 Å². The number of nitrogens with zero attached hydrogens (tertiary/aromatic N) is 11. The third-order valence-electron chi connectivity index (χ3n) is 11.5. The van der Waals surface area contributed by atoms with Gasteiger partial charge in [0, 0.05) is 131 Å². The number of allylic oxidation sites excluding steroid dienone is 2. The fourth-order valence-corrected chi connectivity index (χ4v) is 7.17. The third-order valence-corrected chi connectivity index (χ3v) is 11.5. The van der Waals surface area contributed by atoms with E-state index in [0.717, 1.165) is 52.7 Å². The molecule has 1 N–H and O–H groups in total. The molecule has 10 aromatic rings. The molecule has 10 rings (SSSR count). The molecule has 0 aliphatic rings. The zero-order valence-corrected chi connectivity index (χ0v) is 58.2. The van der Waals surface area contributed by atoms with E-state index < -0.39 is 0 Å². The number of aliphatic hydroxyl groups is 1. The SMILES string of the molecule is CC(=O)C=C(C)O.CCc1c(C)cnn1-c1[c-]cccc1.CCc1cnn(-c2[c-]cccc2)c1C.Cc1c(C#N)cnn1-c1[c-]cccc1.Cc1cn(-c2[c-]cccc2)nc1C.Cc1cnn(-c2[c-]cccc2)c1C.[Ir].[Ir].[Ir].[Ir].[Pt]. The summed E-state index contributed by atoms with van der Waals surface area (Å²) in [4.78, 5) is 10.0. The zero-order valence-electron chi connectivity index (χ0n) is 46.3. The number of hydrogen-bond donors (Lipinski definition) is 1. The molecule has 13 nitrogen and oxygen atoms in total. The Kier molecular flexibility index (Phi) is 35.9. The molecule has 0 saturated heterocycles. The van der Waals surface area contributed by atoms with Gasteiger partial charge in [-0.2, -0.15) is 152 Å². The predicted octanol–water partition coefficient (Wildman–Crippen LogP) is 12.5. The van der Waals surface area contributed by atoms with Crippen molar-refractivity contribution < 1.29 is 111 Å².